The van der Waals surface area contributed by atoms with Crippen molar-refractivity contribution >= 4 is 17.7 Å². The molecule has 0 bridgehead atoms. The van der Waals surface area contributed by atoms with Gasteiger partial charge in [0, 0.05) is 30.8 Å². The molecule has 140 valence electrons. The van der Waals surface area contributed by atoms with Crippen LogP contribution in [0.25, 0.3) is 11.5 Å². The number of halogens is 2. The molecule has 0 aliphatic rings. The summed E-state index contributed by atoms with van der Waals surface area (Å²) in [6, 6.07) is 6.78. The van der Waals surface area contributed by atoms with E-state index in [1.807, 2.05) is 6.92 Å². The van der Waals surface area contributed by atoms with E-state index in [0.717, 1.165) is 12.1 Å². The number of aromatic nitrogens is 3. The summed E-state index contributed by atoms with van der Waals surface area (Å²) in [5.74, 6) is -0.478. The van der Waals surface area contributed by atoms with Gasteiger partial charge in [0.05, 0.1) is 16.3 Å². The summed E-state index contributed by atoms with van der Waals surface area (Å²) in [5.41, 5.74) is 0.922. The molecule has 2 aromatic heterocycles. The van der Waals surface area contributed by atoms with E-state index in [4.69, 9.17) is 4.52 Å². The number of hydrogen-bond acceptors (Lipinski definition) is 6. The van der Waals surface area contributed by atoms with Crippen LogP contribution in [-0.4, -0.2) is 26.8 Å². The van der Waals surface area contributed by atoms with E-state index in [0.29, 0.717) is 28.7 Å². The van der Waals surface area contributed by atoms with Gasteiger partial charge in [0.1, 0.15) is 11.6 Å². The van der Waals surface area contributed by atoms with Crippen molar-refractivity contribution in [1.82, 2.24) is 20.4 Å². The zero-order valence-corrected chi connectivity index (χ0v) is 15.2. The molecular formula is C18H16F2N4O2S. The third-order valence-electron chi connectivity index (χ3n) is 3.61. The number of carbonyl (C=O) groups excluding carboxylic acids is 1. The summed E-state index contributed by atoms with van der Waals surface area (Å²) in [7, 11) is 0. The first-order valence-electron chi connectivity index (χ1n) is 8.17. The van der Waals surface area contributed by atoms with Crippen LogP contribution in [0.3, 0.4) is 0 Å². The first-order chi connectivity index (χ1) is 13.0. The van der Waals surface area contributed by atoms with Crippen LogP contribution < -0.4 is 5.32 Å². The van der Waals surface area contributed by atoms with Crippen molar-refractivity contribution in [3.63, 3.8) is 0 Å². The molecule has 0 atom stereocenters. The fraction of sp³-hybridized carbons (Fsp3) is 0.222. The Kier molecular flexibility index (Phi) is 6.12. The van der Waals surface area contributed by atoms with Gasteiger partial charge in [0.25, 0.3) is 5.89 Å². The van der Waals surface area contributed by atoms with Crippen molar-refractivity contribution in [2.24, 2.45) is 0 Å². The Morgan fingerprint density at radius 3 is 2.78 bits per heavy atom. The van der Waals surface area contributed by atoms with Crippen molar-refractivity contribution in [2.75, 3.05) is 5.75 Å². The summed E-state index contributed by atoms with van der Waals surface area (Å²) >= 11 is 1.24. The van der Waals surface area contributed by atoms with Crippen molar-refractivity contribution in [1.29, 1.82) is 0 Å². The molecular weight excluding hydrogens is 374 g/mol. The van der Waals surface area contributed by atoms with Crippen molar-refractivity contribution in [3.05, 3.63) is 59.6 Å². The maximum absolute atomic E-state index is 13.5. The third kappa shape index (κ3) is 5.10. The molecule has 1 N–H and O–H groups in total. The van der Waals surface area contributed by atoms with E-state index in [2.05, 4.69) is 20.4 Å². The largest absolute Gasteiger partial charge is 0.351 e. The Balaban J connectivity index is 1.49. The Bertz CT molecular complexity index is 931. The maximum atomic E-state index is 13.5. The zero-order valence-electron chi connectivity index (χ0n) is 14.4. The second-order valence-electron chi connectivity index (χ2n) is 5.56. The van der Waals surface area contributed by atoms with Gasteiger partial charge in [0.15, 0.2) is 5.82 Å². The van der Waals surface area contributed by atoms with E-state index in [1.165, 1.54) is 17.8 Å². The van der Waals surface area contributed by atoms with Crippen LogP contribution in [0.1, 0.15) is 18.3 Å². The Hall–Kier alpha value is -2.81. The predicted octanol–water partition coefficient (Wildman–Crippen LogP) is 3.38. The molecule has 0 fully saturated rings. The van der Waals surface area contributed by atoms with Crippen LogP contribution in [0.4, 0.5) is 8.78 Å². The van der Waals surface area contributed by atoms with Crippen LogP contribution >= 0.6 is 11.8 Å². The lowest BCUT2D eigenvalue weighted by molar-refractivity contribution is -0.118. The van der Waals surface area contributed by atoms with E-state index >= 15 is 0 Å². The summed E-state index contributed by atoms with van der Waals surface area (Å²) in [5, 5.41) is 7.07. The lowest BCUT2D eigenvalue weighted by Gasteiger charge is -2.06. The SMILES string of the molecule is CCc1noc(-c2ccc(SCC(=O)NCc3ccc(F)cc3F)nc2)n1. The molecule has 1 aromatic carbocycles. The Labute approximate surface area is 158 Å². The number of thioether (sulfide) groups is 1. The molecule has 6 nitrogen and oxygen atoms in total. The summed E-state index contributed by atoms with van der Waals surface area (Å²) in [6.07, 6.45) is 2.28. The van der Waals surface area contributed by atoms with Crippen LogP contribution in [0.2, 0.25) is 0 Å². The highest BCUT2D eigenvalue weighted by molar-refractivity contribution is 7.99. The number of nitrogens with one attached hydrogen (secondary N) is 1. The molecule has 3 aromatic rings. The molecule has 3 rings (SSSR count). The van der Waals surface area contributed by atoms with Gasteiger partial charge >= 0.3 is 0 Å². The lowest BCUT2D eigenvalue weighted by Crippen LogP contribution is -2.25. The molecule has 2 heterocycles. The first kappa shape index (κ1) is 19.0. The van der Waals surface area contributed by atoms with E-state index < -0.39 is 11.6 Å². The molecule has 1 amide bonds. The van der Waals surface area contributed by atoms with Gasteiger partial charge in [-0.15, -0.1) is 0 Å². The predicted molar refractivity (Wildman–Crippen MR) is 95.8 cm³/mol. The van der Waals surface area contributed by atoms with Gasteiger partial charge in [-0.3, -0.25) is 4.79 Å². The Morgan fingerprint density at radius 2 is 2.11 bits per heavy atom. The average Bonchev–Trinajstić information content (AvgIpc) is 3.15. The van der Waals surface area contributed by atoms with E-state index in [-0.39, 0.29) is 23.8 Å². The molecule has 0 saturated carbocycles. The minimum Gasteiger partial charge on any atom is -0.351 e. The third-order valence-corrected chi connectivity index (χ3v) is 4.55. The van der Waals surface area contributed by atoms with E-state index in [9.17, 15) is 13.6 Å². The topological polar surface area (TPSA) is 80.9 Å². The van der Waals surface area contributed by atoms with Crippen LogP contribution in [0.5, 0.6) is 0 Å². The minimum absolute atomic E-state index is 0.00516. The molecule has 27 heavy (non-hydrogen) atoms. The minimum atomic E-state index is -0.688. The summed E-state index contributed by atoms with van der Waals surface area (Å²) in [4.78, 5) is 20.4. The molecule has 0 aliphatic carbocycles. The highest BCUT2D eigenvalue weighted by Crippen LogP contribution is 2.20. The molecule has 0 radical (unpaired) electrons. The monoisotopic (exact) mass is 390 g/mol. The van der Waals surface area contributed by atoms with Gasteiger partial charge < -0.3 is 9.84 Å². The van der Waals surface area contributed by atoms with Gasteiger partial charge in [-0.25, -0.2) is 13.8 Å². The maximum Gasteiger partial charge on any atom is 0.259 e. The Morgan fingerprint density at radius 1 is 1.26 bits per heavy atom. The van der Waals surface area contributed by atoms with Gasteiger partial charge in [-0.2, -0.15) is 4.98 Å². The highest BCUT2D eigenvalue weighted by atomic mass is 32.2. The molecule has 0 aliphatic heterocycles. The number of benzene rings is 1. The van der Waals surface area contributed by atoms with Crippen molar-refractivity contribution < 1.29 is 18.1 Å². The number of pyridine rings is 1. The number of amides is 1. The second kappa shape index (κ2) is 8.72. The van der Waals surface area contributed by atoms with Crippen LogP contribution in [-0.2, 0) is 17.8 Å². The zero-order chi connectivity index (χ0) is 19.2. The second-order valence-corrected chi connectivity index (χ2v) is 6.55. The number of aryl methyl sites for hydroxylation is 1. The van der Waals surface area contributed by atoms with Crippen LogP contribution in [0, 0.1) is 11.6 Å². The quantitative estimate of drug-likeness (QED) is 0.623. The molecule has 0 spiro atoms. The van der Waals surface area contributed by atoms with Crippen molar-refractivity contribution in [2.45, 2.75) is 24.9 Å². The number of carbonyl (C=O) groups is 1. The van der Waals surface area contributed by atoms with Gasteiger partial charge in [0.2, 0.25) is 5.91 Å². The number of hydrogen-bond donors (Lipinski definition) is 1. The van der Waals surface area contributed by atoms with Crippen LogP contribution in [0.15, 0.2) is 46.1 Å². The fourth-order valence-corrected chi connectivity index (χ4v) is 2.83. The molecule has 0 saturated heterocycles. The smallest absolute Gasteiger partial charge is 0.259 e. The fourth-order valence-electron chi connectivity index (χ4n) is 2.16. The van der Waals surface area contributed by atoms with Gasteiger partial charge in [-0.05, 0) is 18.2 Å². The number of nitrogens with zero attached hydrogens (tertiary/aromatic N) is 3. The standard InChI is InChI=1S/C18H16F2N4O2S/c1-2-15-23-18(26-24-15)12-4-6-17(22-9-12)27-10-16(25)21-8-11-3-5-13(19)7-14(11)20/h3-7,9H,2,8,10H2,1H3,(H,21,25). The highest BCUT2D eigenvalue weighted by Gasteiger charge is 2.10. The normalized spacial score (nSPS) is 10.8. The average molecular weight is 390 g/mol. The molecule has 0 unspecified atom stereocenters. The molecule has 9 heteroatoms. The summed E-state index contributed by atoms with van der Waals surface area (Å²) in [6.45, 7) is 1.93. The van der Waals surface area contributed by atoms with Crippen molar-refractivity contribution in [3.8, 4) is 11.5 Å². The number of rotatable bonds is 7. The van der Waals surface area contributed by atoms with Gasteiger partial charge in [-0.1, -0.05) is 29.9 Å². The van der Waals surface area contributed by atoms with E-state index in [1.54, 1.807) is 18.3 Å². The lowest BCUT2D eigenvalue weighted by atomic mass is 10.2. The summed E-state index contributed by atoms with van der Waals surface area (Å²) < 4.78 is 31.5. The first-order valence-corrected chi connectivity index (χ1v) is 9.16.